The van der Waals surface area contributed by atoms with Crippen LogP contribution < -0.4 is 4.31 Å². The lowest BCUT2D eigenvalue weighted by atomic mass is 10.1. The lowest BCUT2D eigenvalue weighted by molar-refractivity contribution is -0.138. The van der Waals surface area contributed by atoms with E-state index in [4.69, 9.17) is 0 Å². The molecule has 0 aliphatic carbocycles. The average Bonchev–Trinajstić information content (AvgIpc) is 3.06. The number of carbonyl (C=O) groups is 1. The smallest absolute Gasteiger partial charge is 0.327 e. The number of sulfonamides is 1. The van der Waals surface area contributed by atoms with Crippen LogP contribution in [0.3, 0.4) is 0 Å². The van der Waals surface area contributed by atoms with Crippen LogP contribution in [0.1, 0.15) is 5.56 Å². The van der Waals surface area contributed by atoms with Crippen LogP contribution in [-0.2, 0) is 21.2 Å². The Morgan fingerprint density at radius 3 is 2.80 bits per heavy atom. The number of rotatable bonds is 3. The Labute approximate surface area is 114 Å². The second-order valence-corrected chi connectivity index (χ2v) is 6.24. The van der Waals surface area contributed by atoms with E-state index in [1.807, 2.05) is 0 Å². The molecule has 7 nitrogen and oxygen atoms in total. The van der Waals surface area contributed by atoms with Gasteiger partial charge in [0.15, 0.2) is 0 Å². The molecule has 2 aromatic rings. The molecule has 0 radical (unpaired) electrons. The van der Waals surface area contributed by atoms with Gasteiger partial charge in [0.25, 0.3) is 10.0 Å². The third-order valence-corrected chi connectivity index (χ3v) is 5.03. The lowest BCUT2D eigenvalue weighted by Crippen LogP contribution is -2.42. The number of para-hydroxylation sites is 1. The maximum absolute atomic E-state index is 12.6. The highest BCUT2D eigenvalue weighted by Crippen LogP contribution is 2.36. The van der Waals surface area contributed by atoms with Gasteiger partial charge in [-0.3, -0.25) is 9.40 Å². The third kappa shape index (κ3) is 1.76. The molecule has 1 aliphatic heterocycles. The molecule has 8 heteroatoms. The van der Waals surface area contributed by atoms with Gasteiger partial charge >= 0.3 is 5.97 Å². The minimum absolute atomic E-state index is 0.0551. The first-order valence-corrected chi connectivity index (χ1v) is 7.30. The predicted octanol–water partition coefficient (Wildman–Crippen LogP) is 0.614. The predicted molar refractivity (Wildman–Crippen MR) is 69.8 cm³/mol. The summed E-state index contributed by atoms with van der Waals surface area (Å²) in [6.07, 6.45) is 2.55. The number of benzene rings is 1. The maximum atomic E-state index is 12.6. The van der Waals surface area contributed by atoms with E-state index in [-0.39, 0.29) is 11.3 Å². The number of aliphatic carboxylic acids is 1. The molecule has 0 spiro atoms. The fourth-order valence-electron chi connectivity index (χ4n) is 2.34. The Morgan fingerprint density at radius 1 is 1.40 bits per heavy atom. The Morgan fingerprint density at radius 2 is 2.15 bits per heavy atom. The van der Waals surface area contributed by atoms with Crippen LogP contribution in [0, 0.1) is 0 Å². The molecule has 2 heterocycles. The fraction of sp³-hybridized carbons (Fsp3) is 0.167. The van der Waals surface area contributed by atoms with Gasteiger partial charge in [0.2, 0.25) is 0 Å². The second-order valence-electron chi connectivity index (χ2n) is 4.42. The van der Waals surface area contributed by atoms with Gasteiger partial charge in [0.05, 0.1) is 11.9 Å². The number of nitrogens with zero attached hydrogens (tertiary/aromatic N) is 2. The van der Waals surface area contributed by atoms with E-state index in [0.29, 0.717) is 11.3 Å². The highest BCUT2D eigenvalue weighted by atomic mass is 32.2. The number of hydrogen-bond donors (Lipinski definition) is 2. The Bertz CT molecular complexity index is 755. The van der Waals surface area contributed by atoms with Crippen LogP contribution in [0.5, 0.6) is 0 Å². The summed E-state index contributed by atoms with van der Waals surface area (Å²) in [5.74, 6) is -1.17. The summed E-state index contributed by atoms with van der Waals surface area (Å²) in [5.41, 5.74) is 1.10. The first-order chi connectivity index (χ1) is 9.51. The number of fused-ring (bicyclic) bond motifs is 1. The summed E-state index contributed by atoms with van der Waals surface area (Å²) in [6, 6.07) is 5.64. The van der Waals surface area contributed by atoms with Gasteiger partial charge in [-0.25, -0.2) is 13.2 Å². The second kappa shape index (κ2) is 4.34. The first-order valence-electron chi connectivity index (χ1n) is 5.86. The average molecular weight is 293 g/mol. The number of aromatic nitrogens is 2. The van der Waals surface area contributed by atoms with Crippen LogP contribution in [0.2, 0.25) is 0 Å². The van der Waals surface area contributed by atoms with Crippen molar-refractivity contribution in [3.63, 3.8) is 0 Å². The topological polar surface area (TPSA) is 103 Å². The van der Waals surface area contributed by atoms with Gasteiger partial charge < -0.3 is 5.11 Å². The van der Waals surface area contributed by atoms with Crippen LogP contribution in [0.4, 0.5) is 5.69 Å². The number of carboxylic acid groups (broad SMARTS) is 1. The standard InChI is InChI=1S/C12H11N3O4S/c16-12(17)11-5-8-3-1-2-4-10(8)15(11)20(18,19)9-6-13-14-7-9/h1-4,6-7,11H,5H2,(H,13,14)(H,16,17). The molecule has 1 aromatic heterocycles. The van der Waals surface area contributed by atoms with Gasteiger partial charge in [0, 0.05) is 12.6 Å². The molecule has 1 unspecified atom stereocenters. The summed E-state index contributed by atoms with van der Waals surface area (Å²) in [5, 5.41) is 15.3. The number of hydrogen-bond acceptors (Lipinski definition) is 4. The minimum Gasteiger partial charge on any atom is -0.480 e. The van der Waals surface area contributed by atoms with Crippen molar-refractivity contribution >= 4 is 21.7 Å². The molecule has 0 amide bonds. The molecule has 0 saturated carbocycles. The van der Waals surface area contributed by atoms with Crippen LogP contribution in [-0.4, -0.2) is 35.7 Å². The SMILES string of the molecule is O=C(O)C1Cc2ccccc2N1S(=O)(=O)c1cn[nH]c1. The van der Waals surface area contributed by atoms with Crippen LogP contribution in [0.15, 0.2) is 41.6 Å². The molecular formula is C12H11N3O4S. The highest BCUT2D eigenvalue weighted by Gasteiger charge is 2.42. The minimum atomic E-state index is -3.94. The normalized spacial score (nSPS) is 18.0. The van der Waals surface area contributed by atoms with Gasteiger partial charge in [-0.05, 0) is 11.6 Å². The van der Waals surface area contributed by atoms with E-state index in [1.165, 1.54) is 6.20 Å². The summed E-state index contributed by atoms with van der Waals surface area (Å²) in [4.78, 5) is 11.3. The molecule has 1 atom stereocenters. The number of H-pyrrole nitrogens is 1. The van der Waals surface area contributed by atoms with Gasteiger partial charge in [-0.1, -0.05) is 18.2 Å². The van der Waals surface area contributed by atoms with Crippen molar-refractivity contribution in [2.24, 2.45) is 0 Å². The summed E-state index contributed by atoms with van der Waals surface area (Å²) >= 11 is 0. The Kier molecular flexibility index (Phi) is 2.75. The largest absolute Gasteiger partial charge is 0.480 e. The van der Waals surface area contributed by atoms with Crippen LogP contribution in [0.25, 0.3) is 0 Å². The van der Waals surface area contributed by atoms with Gasteiger partial charge in [-0.2, -0.15) is 5.10 Å². The van der Waals surface area contributed by atoms with Crippen molar-refractivity contribution in [1.82, 2.24) is 10.2 Å². The van der Waals surface area contributed by atoms with E-state index in [9.17, 15) is 18.3 Å². The zero-order valence-corrected chi connectivity index (χ0v) is 11.0. The number of carboxylic acids is 1. The quantitative estimate of drug-likeness (QED) is 0.863. The van der Waals surface area contributed by atoms with E-state index in [2.05, 4.69) is 10.2 Å². The maximum Gasteiger partial charge on any atom is 0.327 e. The zero-order valence-electron chi connectivity index (χ0n) is 10.2. The van der Waals surface area contributed by atoms with E-state index < -0.39 is 22.0 Å². The van der Waals surface area contributed by atoms with E-state index >= 15 is 0 Å². The van der Waals surface area contributed by atoms with Crippen molar-refractivity contribution in [2.45, 2.75) is 17.4 Å². The molecule has 20 heavy (non-hydrogen) atoms. The summed E-state index contributed by atoms with van der Waals surface area (Å²) in [7, 11) is -3.94. The third-order valence-electron chi connectivity index (χ3n) is 3.24. The Balaban J connectivity index is 2.17. The molecular weight excluding hydrogens is 282 g/mol. The molecule has 2 N–H and O–H groups in total. The fourth-order valence-corrected chi connectivity index (χ4v) is 3.89. The zero-order chi connectivity index (χ0) is 14.3. The van der Waals surface area contributed by atoms with E-state index in [0.717, 1.165) is 10.5 Å². The molecule has 104 valence electrons. The summed E-state index contributed by atoms with van der Waals surface area (Å²) < 4.78 is 26.1. The highest BCUT2D eigenvalue weighted by molar-refractivity contribution is 7.93. The molecule has 1 aromatic carbocycles. The Hall–Kier alpha value is -2.35. The van der Waals surface area contributed by atoms with Gasteiger partial charge in [0.1, 0.15) is 10.9 Å². The number of anilines is 1. The number of nitrogens with one attached hydrogen (secondary N) is 1. The molecule has 0 bridgehead atoms. The van der Waals surface area contributed by atoms with Crippen molar-refractivity contribution in [1.29, 1.82) is 0 Å². The van der Waals surface area contributed by atoms with Crippen molar-refractivity contribution in [3.05, 3.63) is 42.2 Å². The molecule has 3 rings (SSSR count). The van der Waals surface area contributed by atoms with Crippen molar-refractivity contribution in [3.8, 4) is 0 Å². The van der Waals surface area contributed by atoms with Crippen molar-refractivity contribution < 1.29 is 18.3 Å². The first kappa shape index (κ1) is 12.7. The number of aromatic amines is 1. The van der Waals surface area contributed by atoms with Gasteiger partial charge in [-0.15, -0.1) is 0 Å². The molecule has 0 saturated heterocycles. The molecule has 1 aliphatic rings. The molecule has 0 fully saturated rings. The van der Waals surface area contributed by atoms with E-state index in [1.54, 1.807) is 24.3 Å². The lowest BCUT2D eigenvalue weighted by Gasteiger charge is -2.23. The monoisotopic (exact) mass is 293 g/mol. The summed E-state index contributed by atoms with van der Waals surface area (Å²) in [6.45, 7) is 0. The van der Waals surface area contributed by atoms with Crippen LogP contribution >= 0.6 is 0 Å². The van der Waals surface area contributed by atoms with Crippen molar-refractivity contribution in [2.75, 3.05) is 4.31 Å².